The lowest BCUT2D eigenvalue weighted by Gasteiger charge is -2.24. The maximum Gasteiger partial charge on any atom is 0.251 e. The molecule has 2 aromatic rings. The van der Waals surface area contributed by atoms with Crippen molar-refractivity contribution in [2.75, 3.05) is 18.0 Å². The minimum Gasteiger partial charge on any atom is -0.367 e. The van der Waals surface area contributed by atoms with Crippen LogP contribution < -0.4 is 21.9 Å². The van der Waals surface area contributed by atoms with Gasteiger partial charge in [0.05, 0.1) is 11.2 Å². The highest BCUT2D eigenvalue weighted by Gasteiger charge is 2.32. The molecular formula is C19H25FN4O. The third-order valence-corrected chi connectivity index (χ3v) is 5.70. The fourth-order valence-electron chi connectivity index (χ4n) is 4.15. The van der Waals surface area contributed by atoms with Gasteiger partial charge in [0.1, 0.15) is 5.82 Å². The topological polar surface area (TPSA) is 77.3 Å². The van der Waals surface area contributed by atoms with E-state index >= 15 is 4.39 Å². The molecule has 4 rings (SSSR count). The van der Waals surface area contributed by atoms with Gasteiger partial charge in [-0.2, -0.15) is 0 Å². The summed E-state index contributed by atoms with van der Waals surface area (Å²) in [6, 6.07) is 3.37. The van der Waals surface area contributed by atoms with Crippen LogP contribution in [-0.2, 0) is 6.54 Å². The van der Waals surface area contributed by atoms with Gasteiger partial charge in [-0.1, -0.05) is 6.92 Å². The summed E-state index contributed by atoms with van der Waals surface area (Å²) >= 11 is 0. The van der Waals surface area contributed by atoms with Gasteiger partial charge >= 0.3 is 0 Å². The van der Waals surface area contributed by atoms with Crippen LogP contribution in [-0.4, -0.2) is 23.7 Å². The average molecular weight is 344 g/mol. The first-order chi connectivity index (χ1) is 11.9. The van der Waals surface area contributed by atoms with Crippen LogP contribution in [0.1, 0.15) is 36.9 Å². The van der Waals surface area contributed by atoms with Gasteiger partial charge in [-0.05, 0) is 42.9 Å². The fraction of sp³-hybridized carbons (Fsp3) is 0.526. The predicted molar refractivity (Wildman–Crippen MR) is 98.4 cm³/mol. The second kappa shape index (κ2) is 5.81. The van der Waals surface area contributed by atoms with E-state index in [1.165, 1.54) is 0 Å². The average Bonchev–Trinajstić information content (AvgIpc) is 3.33. The number of anilines is 1. The Kier molecular flexibility index (Phi) is 3.85. The van der Waals surface area contributed by atoms with E-state index in [2.05, 4.69) is 6.92 Å². The van der Waals surface area contributed by atoms with Crippen molar-refractivity contribution in [2.45, 2.75) is 45.3 Å². The third kappa shape index (κ3) is 2.55. The lowest BCUT2D eigenvalue weighted by Crippen LogP contribution is -2.29. The highest BCUT2D eigenvalue weighted by molar-refractivity contribution is 5.90. The normalized spacial score (nSPS) is 23.6. The molecule has 0 unspecified atom stereocenters. The van der Waals surface area contributed by atoms with Crippen molar-refractivity contribution in [3.63, 3.8) is 0 Å². The SMILES string of the molecule is Cc1c(N2C[C@@H](C)[C@H](N)C2)c(F)cc2c(CN)cc(=O)n(C3CC3)c12. The number of aromatic nitrogens is 1. The molecule has 134 valence electrons. The van der Waals surface area contributed by atoms with Gasteiger partial charge in [-0.15, -0.1) is 0 Å². The summed E-state index contributed by atoms with van der Waals surface area (Å²) in [6.07, 6.45) is 1.99. The first-order valence-electron chi connectivity index (χ1n) is 9.00. The predicted octanol–water partition coefficient (Wildman–Crippen LogP) is 2.03. The number of benzene rings is 1. The number of hydrogen-bond acceptors (Lipinski definition) is 4. The number of hydrogen-bond donors (Lipinski definition) is 2. The summed E-state index contributed by atoms with van der Waals surface area (Å²) < 4.78 is 16.9. The summed E-state index contributed by atoms with van der Waals surface area (Å²) in [4.78, 5) is 14.7. The number of halogens is 1. The lowest BCUT2D eigenvalue weighted by atomic mass is 10.0. The van der Waals surface area contributed by atoms with E-state index in [4.69, 9.17) is 11.5 Å². The van der Waals surface area contributed by atoms with Gasteiger partial charge in [0.25, 0.3) is 5.56 Å². The zero-order valence-corrected chi connectivity index (χ0v) is 14.8. The zero-order valence-electron chi connectivity index (χ0n) is 14.8. The van der Waals surface area contributed by atoms with Gasteiger partial charge in [-0.3, -0.25) is 4.79 Å². The third-order valence-electron chi connectivity index (χ3n) is 5.70. The molecule has 5 nitrogen and oxygen atoms in total. The molecule has 0 amide bonds. The Morgan fingerprint density at radius 2 is 2.00 bits per heavy atom. The first kappa shape index (κ1) is 16.5. The Hall–Kier alpha value is -1.92. The Morgan fingerprint density at radius 3 is 2.56 bits per heavy atom. The molecule has 0 spiro atoms. The Balaban J connectivity index is 2.00. The maximum absolute atomic E-state index is 15.0. The molecule has 4 N–H and O–H groups in total. The molecule has 2 fully saturated rings. The van der Waals surface area contributed by atoms with Crippen molar-refractivity contribution in [3.05, 3.63) is 39.4 Å². The van der Waals surface area contributed by atoms with Crippen molar-refractivity contribution < 1.29 is 4.39 Å². The van der Waals surface area contributed by atoms with Gasteiger partial charge in [0.2, 0.25) is 0 Å². The van der Waals surface area contributed by atoms with E-state index in [0.29, 0.717) is 23.7 Å². The zero-order chi connectivity index (χ0) is 17.9. The minimum atomic E-state index is -0.262. The lowest BCUT2D eigenvalue weighted by molar-refractivity contribution is 0.565. The van der Waals surface area contributed by atoms with Crippen LogP contribution in [0.5, 0.6) is 0 Å². The molecular weight excluding hydrogens is 319 g/mol. The number of fused-ring (bicyclic) bond motifs is 1. The Labute approximate surface area is 146 Å². The van der Waals surface area contributed by atoms with Crippen molar-refractivity contribution in [1.82, 2.24) is 4.57 Å². The molecule has 1 aromatic heterocycles. The summed E-state index contributed by atoms with van der Waals surface area (Å²) in [5.74, 6) is 0.0532. The number of nitrogens with two attached hydrogens (primary N) is 2. The van der Waals surface area contributed by atoms with Crippen molar-refractivity contribution in [1.29, 1.82) is 0 Å². The van der Waals surface area contributed by atoms with E-state index in [1.54, 1.807) is 12.1 Å². The second-order valence-corrected chi connectivity index (χ2v) is 7.59. The standard InChI is InChI=1S/C19H25FN4O/c1-10-8-23(9-16(10)22)19-11(2)18-14(6-15(19)20)12(7-21)5-17(25)24(18)13-3-4-13/h5-6,10,13,16H,3-4,7-9,21-22H2,1-2H3/t10-,16-/m1/s1. The summed E-state index contributed by atoms with van der Waals surface area (Å²) in [7, 11) is 0. The van der Waals surface area contributed by atoms with Crippen LogP contribution in [0.2, 0.25) is 0 Å². The monoisotopic (exact) mass is 344 g/mol. The summed E-state index contributed by atoms with van der Waals surface area (Å²) in [6.45, 7) is 5.59. The molecule has 0 radical (unpaired) electrons. The van der Waals surface area contributed by atoms with Crippen LogP contribution in [0.3, 0.4) is 0 Å². The maximum atomic E-state index is 15.0. The summed E-state index contributed by atoms with van der Waals surface area (Å²) in [5, 5.41) is 0.754. The molecule has 1 saturated carbocycles. The smallest absolute Gasteiger partial charge is 0.251 e. The molecule has 1 saturated heterocycles. The summed E-state index contributed by atoms with van der Waals surface area (Å²) in [5.41, 5.74) is 14.9. The van der Waals surface area contributed by atoms with E-state index in [-0.39, 0.29) is 30.0 Å². The quantitative estimate of drug-likeness (QED) is 0.893. The number of pyridine rings is 1. The fourth-order valence-corrected chi connectivity index (χ4v) is 4.15. The van der Waals surface area contributed by atoms with Gasteiger partial charge in [0, 0.05) is 43.2 Å². The van der Waals surface area contributed by atoms with Crippen molar-refractivity contribution in [2.24, 2.45) is 17.4 Å². The van der Waals surface area contributed by atoms with Crippen LogP contribution in [0.25, 0.3) is 10.9 Å². The molecule has 1 aliphatic heterocycles. The number of rotatable bonds is 3. The first-order valence-corrected chi connectivity index (χ1v) is 9.00. The molecule has 0 bridgehead atoms. The van der Waals surface area contributed by atoms with E-state index in [9.17, 15) is 4.79 Å². The molecule has 2 heterocycles. The molecule has 6 heteroatoms. The highest BCUT2D eigenvalue weighted by atomic mass is 19.1. The van der Waals surface area contributed by atoms with Crippen LogP contribution in [0.4, 0.5) is 10.1 Å². The van der Waals surface area contributed by atoms with Gasteiger partial charge in [-0.25, -0.2) is 4.39 Å². The van der Waals surface area contributed by atoms with E-state index in [1.807, 2.05) is 16.4 Å². The largest absolute Gasteiger partial charge is 0.367 e. The number of nitrogens with zero attached hydrogens (tertiary/aromatic N) is 2. The Bertz CT molecular complexity index is 893. The van der Waals surface area contributed by atoms with Crippen LogP contribution in [0.15, 0.2) is 16.9 Å². The number of aryl methyl sites for hydroxylation is 1. The van der Waals surface area contributed by atoms with Crippen molar-refractivity contribution in [3.8, 4) is 0 Å². The molecule has 25 heavy (non-hydrogen) atoms. The van der Waals surface area contributed by atoms with Crippen molar-refractivity contribution >= 4 is 16.6 Å². The Morgan fingerprint density at radius 1 is 1.28 bits per heavy atom. The van der Waals surface area contributed by atoms with Gasteiger partial charge in [0.15, 0.2) is 0 Å². The highest BCUT2D eigenvalue weighted by Crippen LogP contribution is 2.40. The van der Waals surface area contributed by atoms with E-state index in [0.717, 1.165) is 35.9 Å². The molecule has 1 aliphatic carbocycles. The minimum absolute atomic E-state index is 0.0375. The molecule has 1 aromatic carbocycles. The molecule has 2 atom stereocenters. The van der Waals surface area contributed by atoms with E-state index < -0.39 is 0 Å². The second-order valence-electron chi connectivity index (χ2n) is 7.59. The van der Waals surface area contributed by atoms with Crippen LogP contribution >= 0.6 is 0 Å². The molecule has 2 aliphatic rings. The van der Waals surface area contributed by atoms with Gasteiger partial charge < -0.3 is 20.9 Å². The van der Waals surface area contributed by atoms with Crippen LogP contribution in [0, 0.1) is 18.7 Å².